The fourth-order valence-corrected chi connectivity index (χ4v) is 3.26. The van der Waals surface area contributed by atoms with Gasteiger partial charge in [-0.1, -0.05) is 30.3 Å². The Labute approximate surface area is 116 Å². The molecule has 20 heavy (non-hydrogen) atoms. The van der Waals surface area contributed by atoms with E-state index in [1.165, 1.54) is 11.6 Å². The lowest BCUT2D eigenvalue weighted by molar-refractivity contribution is 0.376. The lowest BCUT2D eigenvalue weighted by atomic mass is 10.0. The molecule has 2 aromatic rings. The summed E-state index contributed by atoms with van der Waals surface area (Å²) in [6.07, 6.45) is 4.01. The highest BCUT2D eigenvalue weighted by atomic mass is 19.1. The third kappa shape index (κ3) is 1.79. The summed E-state index contributed by atoms with van der Waals surface area (Å²) in [4.78, 5) is 4.42. The van der Waals surface area contributed by atoms with Gasteiger partial charge < -0.3 is 4.52 Å². The van der Waals surface area contributed by atoms with Gasteiger partial charge >= 0.3 is 0 Å². The predicted octanol–water partition coefficient (Wildman–Crippen LogP) is 3.59. The molecule has 1 aromatic carbocycles. The average Bonchev–Trinajstić information content (AvgIpc) is 2.87. The second-order valence-corrected chi connectivity index (χ2v) is 5.57. The van der Waals surface area contributed by atoms with Crippen LogP contribution in [0.2, 0.25) is 0 Å². The summed E-state index contributed by atoms with van der Waals surface area (Å²) in [5, 5.41) is 4.07. The van der Waals surface area contributed by atoms with E-state index < -0.39 is 0 Å². The first-order valence-corrected chi connectivity index (χ1v) is 7.05. The Morgan fingerprint density at radius 3 is 2.95 bits per heavy atom. The smallest absolute Gasteiger partial charge is 0.226 e. The number of aryl methyl sites for hydroxylation is 1. The maximum atomic E-state index is 13.3. The summed E-state index contributed by atoms with van der Waals surface area (Å²) in [5.74, 6) is 2.83. The molecule has 0 amide bonds. The predicted molar refractivity (Wildman–Crippen MR) is 72.4 cm³/mol. The first-order chi connectivity index (χ1) is 9.76. The number of halogens is 1. The van der Waals surface area contributed by atoms with E-state index in [1.807, 2.05) is 13.0 Å². The van der Waals surface area contributed by atoms with Gasteiger partial charge in [0.05, 0.1) is 0 Å². The van der Waals surface area contributed by atoms with E-state index in [0.29, 0.717) is 23.6 Å². The van der Waals surface area contributed by atoms with E-state index in [9.17, 15) is 4.39 Å². The lowest BCUT2D eigenvalue weighted by Gasteiger charge is -2.05. The number of allylic oxidation sites excluding steroid dienone is 2. The number of rotatable bonds is 3. The lowest BCUT2D eigenvalue weighted by Crippen LogP contribution is -1.92. The van der Waals surface area contributed by atoms with Crippen molar-refractivity contribution in [2.75, 3.05) is 0 Å². The zero-order valence-electron chi connectivity index (χ0n) is 11.2. The number of nitrogens with zero attached hydrogens (tertiary/aromatic N) is 2. The normalized spacial score (nSPS) is 27.3. The van der Waals surface area contributed by atoms with Crippen LogP contribution < -0.4 is 0 Å². The second kappa shape index (κ2) is 4.27. The molecule has 0 unspecified atom stereocenters. The Hall–Kier alpha value is -1.97. The quantitative estimate of drug-likeness (QED) is 0.855. The van der Waals surface area contributed by atoms with Gasteiger partial charge in [0.1, 0.15) is 5.82 Å². The van der Waals surface area contributed by atoms with Crippen molar-refractivity contribution < 1.29 is 8.91 Å². The topological polar surface area (TPSA) is 38.9 Å². The Bertz CT molecular complexity index is 691. The summed E-state index contributed by atoms with van der Waals surface area (Å²) in [7, 11) is 0. The fraction of sp³-hybridized carbons (Fsp3) is 0.375. The molecule has 1 heterocycles. The summed E-state index contributed by atoms with van der Waals surface area (Å²) >= 11 is 0. The minimum atomic E-state index is -0.175. The van der Waals surface area contributed by atoms with Crippen molar-refractivity contribution in [3.63, 3.8) is 0 Å². The van der Waals surface area contributed by atoms with Crippen LogP contribution in [0.25, 0.3) is 5.57 Å². The highest BCUT2D eigenvalue weighted by Gasteiger charge is 2.55. The van der Waals surface area contributed by atoms with Crippen LogP contribution in [0.3, 0.4) is 0 Å². The molecule has 1 fully saturated rings. The highest BCUT2D eigenvalue weighted by Crippen LogP contribution is 2.62. The van der Waals surface area contributed by atoms with Crippen molar-refractivity contribution >= 4 is 5.57 Å². The van der Waals surface area contributed by atoms with Gasteiger partial charge in [-0.25, -0.2) is 4.39 Å². The molecular formula is C16H15FN2O. The molecule has 1 saturated carbocycles. The molecule has 0 aliphatic heterocycles. The molecule has 4 rings (SSSR count). The summed E-state index contributed by atoms with van der Waals surface area (Å²) in [6, 6.07) is 6.82. The molecule has 3 atom stereocenters. The zero-order chi connectivity index (χ0) is 13.7. The minimum Gasteiger partial charge on any atom is -0.339 e. The molecule has 0 bridgehead atoms. The molecular weight excluding hydrogens is 255 g/mol. The van der Waals surface area contributed by atoms with Crippen molar-refractivity contribution in [3.05, 3.63) is 53.4 Å². The maximum Gasteiger partial charge on any atom is 0.226 e. The number of benzene rings is 1. The van der Waals surface area contributed by atoms with Crippen LogP contribution >= 0.6 is 0 Å². The van der Waals surface area contributed by atoms with Gasteiger partial charge in [-0.3, -0.25) is 0 Å². The second-order valence-electron chi connectivity index (χ2n) is 5.57. The van der Waals surface area contributed by atoms with Gasteiger partial charge in [0.25, 0.3) is 0 Å². The van der Waals surface area contributed by atoms with E-state index in [0.717, 1.165) is 24.2 Å². The number of hydrogen-bond acceptors (Lipinski definition) is 3. The SMILES string of the molecule is CCc1nc([C@@H]2[C@H]3C=C(c4cccc(F)c4)C[C@H]32)no1. The highest BCUT2D eigenvalue weighted by molar-refractivity contribution is 5.70. The van der Waals surface area contributed by atoms with Gasteiger partial charge in [-0.05, 0) is 41.5 Å². The molecule has 2 aliphatic carbocycles. The molecule has 4 heteroatoms. The third-order valence-corrected chi connectivity index (χ3v) is 4.36. The fourth-order valence-electron chi connectivity index (χ4n) is 3.26. The van der Waals surface area contributed by atoms with Crippen molar-refractivity contribution in [2.24, 2.45) is 11.8 Å². The van der Waals surface area contributed by atoms with Crippen LogP contribution in [-0.2, 0) is 6.42 Å². The zero-order valence-corrected chi connectivity index (χ0v) is 11.2. The van der Waals surface area contributed by atoms with Crippen molar-refractivity contribution in [3.8, 4) is 0 Å². The van der Waals surface area contributed by atoms with Crippen LogP contribution in [0.5, 0.6) is 0 Å². The van der Waals surface area contributed by atoms with Crippen LogP contribution in [0.15, 0.2) is 34.9 Å². The third-order valence-electron chi connectivity index (χ3n) is 4.36. The van der Waals surface area contributed by atoms with E-state index in [4.69, 9.17) is 4.52 Å². The Kier molecular flexibility index (Phi) is 2.52. The summed E-state index contributed by atoms with van der Waals surface area (Å²) < 4.78 is 18.4. The van der Waals surface area contributed by atoms with Crippen molar-refractivity contribution in [1.82, 2.24) is 10.1 Å². The van der Waals surface area contributed by atoms with Gasteiger partial charge in [-0.15, -0.1) is 0 Å². The van der Waals surface area contributed by atoms with Gasteiger partial charge in [0.2, 0.25) is 5.89 Å². The van der Waals surface area contributed by atoms with E-state index in [-0.39, 0.29) is 5.82 Å². The first-order valence-electron chi connectivity index (χ1n) is 7.05. The van der Waals surface area contributed by atoms with Gasteiger partial charge in [0.15, 0.2) is 5.82 Å². The van der Waals surface area contributed by atoms with Crippen LogP contribution in [-0.4, -0.2) is 10.1 Å². The number of fused-ring (bicyclic) bond motifs is 1. The number of hydrogen-bond donors (Lipinski definition) is 0. The van der Waals surface area contributed by atoms with Gasteiger partial charge in [-0.2, -0.15) is 4.98 Å². The van der Waals surface area contributed by atoms with Crippen molar-refractivity contribution in [1.29, 1.82) is 0 Å². The molecule has 1 aromatic heterocycles. The molecule has 0 radical (unpaired) electrons. The Balaban J connectivity index is 1.54. The maximum absolute atomic E-state index is 13.3. The van der Waals surface area contributed by atoms with Crippen LogP contribution in [0.1, 0.15) is 36.5 Å². The first kappa shape index (κ1) is 11.8. The largest absolute Gasteiger partial charge is 0.339 e. The van der Waals surface area contributed by atoms with Crippen LogP contribution in [0, 0.1) is 17.7 Å². The average molecular weight is 270 g/mol. The standard InChI is InChI=1S/C16H15FN2O/c1-2-14-18-16(19-20-14)15-12-7-10(8-13(12)15)9-4-3-5-11(17)6-9/h3-7,12-13,15H,2,8H2,1H3/t12-,13+,15+/m0/s1. The van der Waals surface area contributed by atoms with Crippen LogP contribution in [0.4, 0.5) is 4.39 Å². The molecule has 0 spiro atoms. The van der Waals surface area contributed by atoms with Gasteiger partial charge in [0, 0.05) is 12.3 Å². The molecule has 3 nitrogen and oxygen atoms in total. The molecule has 2 aliphatic rings. The van der Waals surface area contributed by atoms with E-state index in [1.54, 1.807) is 12.1 Å². The molecule has 102 valence electrons. The number of aromatic nitrogens is 2. The monoisotopic (exact) mass is 270 g/mol. The summed E-state index contributed by atoms with van der Waals surface area (Å²) in [5.41, 5.74) is 2.24. The Morgan fingerprint density at radius 2 is 2.30 bits per heavy atom. The Morgan fingerprint density at radius 1 is 1.40 bits per heavy atom. The molecule has 0 N–H and O–H groups in total. The van der Waals surface area contributed by atoms with Crippen molar-refractivity contribution in [2.45, 2.75) is 25.7 Å². The molecule has 0 saturated heterocycles. The van der Waals surface area contributed by atoms with E-state index >= 15 is 0 Å². The minimum absolute atomic E-state index is 0.175. The summed E-state index contributed by atoms with van der Waals surface area (Å²) in [6.45, 7) is 2.01. The van der Waals surface area contributed by atoms with E-state index in [2.05, 4.69) is 16.2 Å².